The Balaban J connectivity index is 2.49. The van der Waals surface area contributed by atoms with Crippen LogP contribution in [0.2, 0.25) is 0 Å². The Labute approximate surface area is 76.8 Å². The molecular formula is C10H13F2N. The molecule has 0 aliphatic heterocycles. The smallest absolute Gasteiger partial charge is 0.255 e. The van der Waals surface area contributed by atoms with Gasteiger partial charge < -0.3 is 5.32 Å². The second-order valence-electron chi connectivity index (χ2n) is 2.82. The molecule has 3 heteroatoms. The molecule has 0 saturated heterocycles. The molecule has 0 aliphatic rings. The first-order valence-corrected chi connectivity index (χ1v) is 4.33. The van der Waals surface area contributed by atoms with Gasteiger partial charge in [-0.2, -0.15) is 0 Å². The van der Waals surface area contributed by atoms with Crippen LogP contribution in [-0.2, 0) is 6.42 Å². The quantitative estimate of drug-likeness (QED) is 0.760. The molecule has 0 amide bonds. The maximum absolute atomic E-state index is 11.8. The van der Waals surface area contributed by atoms with Gasteiger partial charge in [0.15, 0.2) is 0 Å². The molecule has 0 saturated carbocycles. The van der Waals surface area contributed by atoms with Crippen LogP contribution >= 0.6 is 0 Å². The lowest BCUT2D eigenvalue weighted by atomic mass is 10.1. The number of rotatable bonds is 4. The van der Waals surface area contributed by atoms with Crippen molar-refractivity contribution in [3.8, 4) is 0 Å². The van der Waals surface area contributed by atoms with E-state index >= 15 is 0 Å². The zero-order valence-corrected chi connectivity index (χ0v) is 7.56. The molecule has 1 N–H and O–H groups in total. The fraction of sp³-hybridized carbons (Fsp3) is 0.400. The molecule has 0 radical (unpaired) electrons. The Hall–Kier alpha value is -1.12. The van der Waals surface area contributed by atoms with Crippen LogP contribution in [0.4, 0.5) is 14.5 Å². The Bertz CT molecular complexity index is 244. The standard InChI is InChI=1S/C10H13F2N/c1-2-8-3-5-9(6-4-8)13-7-10(11)12/h3-6,10,13H,2,7H2,1H3. The first kappa shape index (κ1) is 9.96. The lowest BCUT2D eigenvalue weighted by Gasteiger charge is -2.05. The number of hydrogen-bond acceptors (Lipinski definition) is 1. The molecule has 0 fully saturated rings. The minimum absolute atomic E-state index is 0.286. The molecule has 0 heterocycles. The maximum Gasteiger partial charge on any atom is 0.255 e. The fourth-order valence-corrected chi connectivity index (χ4v) is 1.05. The van der Waals surface area contributed by atoms with Crippen LogP contribution in [0.15, 0.2) is 24.3 Å². The number of hydrogen-bond donors (Lipinski definition) is 1. The maximum atomic E-state index is 11.8. The summed E-state index contributed by atoms with van der Waals surface area (Å²) in [5.74, 6) is 0. The molecule has 0 unspecified atom stereocenters. The van der Waals surface area contributed by atoms with E-state index in [0.717, 1.165) is 12.1 Å². The fourth-order valence-electron chi connectivity index (χ4n) is 1.05. The topological polar surface area (TPSA) is 12.0 Å². The highest BCUT2D eigenvalue weighted by Crippen LogP contribution is 2.10. The van der Waals surface area contributed by atoms with Crippen LogP contribution in [0, 0.1) is 0 Å². The van der Waals surface area contributed by atoms with E-state index in [1.54, 1.807) is 0 Å². The van der Waals surface area contributed by atoms with E-state index in [4.69, 9.17) is 0 Å². The predicted molar refractivity (Wildman–Crippen MR) is 50.3 cm³/mol. The van der Waals surface area contributed by atoms with Crippen molar-refractivity contribution in [3.05, 3.63) is 29.8 Å². The molecule has 1 rings (SSSR count). The van der Waals surface area contributed by atoms with Crippen molar-refractivity contribution in [2.45, 2.75) is 19.8 Å². The van der Waals surface area contributed by atoms with Gasteiger partial charge >= 0.3 is 0 Å². The Kier molecular flexibility index (Phi) is 3.68. The van der Waals surface area contributed by atoms with Crippen LogP contribution in [0.3, 0.4) is 0 Å². The number of aryl methyl sites for hydroxylation is 1. The Morgan fingerprint density at radius 3 is 2.31 bits per heavy atom. The SMILES string of the molecule is CCc1ccc(NCC(F)F)cc1. The second kappa shape index (κ2) is 4.80. The number of anilines is 1. The third-order valence-corrected chi connectivity index (χ3v) is 1.82. The van der Waals surface area contributed by atoms with Crippen molar-refractivity contribution in [1.82, 2.24) is 0 Å². The van der Waals surface area contributed by atoms with Crippen molar-refractivity contribution < 1.29 is 8.78 Å². The van der Waals surface area contributed by atoms with Gasteiger partial charge in [0.1, 0.15) is 0 Å². The summed E-state index contributed by atoms with van der Waals surface area (Å²) in [6.07, 6.45) is -1.33. The Morgan fingerprint density at radius 2 is 1.85 bits per heavy atom. The molecule has 0 aliphatic carbocycles. The van der Waals surface area contributed by atoms with Crippen molar-refractivity contribution in [2.24, 2.45) is 0 Å². The number of nitrogens with one attached hydrogen (secondary N) is 1. The second-order valence-corrected chi connectivity index (χ2v) is 2.82. The molecule has 0 bridgehead atoms. The van der Waals surface area contributed by atoms with Crippen LogP contribution < -0.4 is 5.32 Å². The van der Waals surface area contributed by atoms with E-state index in [1.807, 2.05) is 24.3 Å². The lowest BCUT2D eigenvalue weighted by molar-refractivity contribution is 0.163. The van der Waals surface area contributed by atoms with Gasteiger partial charge in [0.25, 0.3) is 6.43 Å². The Morgan fingerprint density at radius 1 is 1.23 bits per heavy atom. The number of benzene rings is 1. The van der Waals surface area contributed by atoms with Gasteiger partial charge in [-0.25, -0.2) is 8.78 Å². The van der Waals surface area contributed by atoms with Gasteiger partial charge in [0.2, 0.25) is 0 Å². The average Bonchev–Trinajstić information content (AvgIpc) is 2.15. The molecule has 1 aromatic rings. The average molecular weight is 185 g/mol. The summed E-state index contributed by atoms with van der Waals surface area (Å²) in [5, 5.41) is 2.65. The highest BCUT2D eigenvalue weighted by molar-refractivity contribution is 5.44. The summed E-state index contributed by atoms with van der Waals surface area (Å²) in [5.41, 5.74) is 1.96. The summed E-state index contributed by atoms with van der Waals surface area (Å²) in [4.78, 5) is 0. The molecule has 72 valence electrons. The number of alkyl halides is 2. The monoisotopic (exact) mass is 185 g/mol. The first-order chi connectivity index (χ1) is 6.22. The van der Waals surface area contributed by atoms with Gasteiger partial charge in [-0.15, -0.1) is 0 Å². The summed E-state index contributed by atoms with van der Waals surface area (Å²) in [7, 11) is 0. The van der Waals surface area contributed by atoms with Gasteiger partial charge in [-0.05, 0) is 24.1 Å². The largest absolute Gasteiger partial charge is 0.379 e. The van der Waals surface area contributed by atoms with E-state index in [-0.39, 0.29) is 6.54 Å². The third-order valence-electron chi connectivity index (χ3n) is 1.82. The first-order valence-electron chi connectivity index (χ1n) is 4.33. The molecule has 13 heavy (non-hydrogen) atoms. The van der Waals surface area contributed by atoms with Gasteiger partial charge in [-0.3, -0.25) is 0 Å². The predicted octanol–water partition coefficient (Wildman–Crippen LogP) is 2.93. The van der Waals surface area contributed by atoms with Crippen molar-refractivity contribution in [2.75, 3.05) is 11.9 Å². The zero-order chi connectivity index (χ0) is 9.68. The highest BCUT2D eigenvalue weighted by atomic mass is 19.3. The van der Waals surface area contributed by atoms with E-state index in [2.05, 4.69) is 12.2 Å². The molecule has 1 aromatic carbocycles. The lowest BCUT2D eigenvalue weighted by Crippen LogP contribution is -2.09. The van der Waals surface area contributed by atoms with E-state index in [0.29, 0.717) is 0 Å². The van der Waals surface area contributed by atoms with Crippen molar-refractivity contribution in [3.63, 3.8) is 0 Å². The van der Waals surface area contributed by atoms with Gasteiger partial charge in [-0.1, -0.05) is 19.1 Å². The van der Waals surface area contributed by atoms with Crippen LogP contribution in [-0.4, -0.2) is 13.0 Å². The summed E-state index contributed by atoms with van der Waals surface area (Å²) in [6.45, 7) is 1.77. The molecular weight excluding hydrogens is 172 g/mol. The van der Waals surface area contributed by atoms with Crippen molar-refractivity contribution in [1.29, 1.82) is 0 Å². The molecule has 0 spiro atoms. The van der Waals surface area contributed by atoms with Crippen molar-refractivity contribution >= 4 is 5.69 Å². The minimum Gasteiger partial charge on any atom is -0.379 e. The zero-order valence-electron chi connectivity index (χ0n) is 7.56. The van der Waals surface area contributed by atoms with E-state index in [9.17, 15) is 8.78 Å². The summed E-state index contributed by atoms with van der Waals surface area (Å²) in [6, 6.07) is 7.52. The van der Waals surface area contributed by atoms with Crippen LogP contribution in [0.5, 0.6) is 0 Å². The summed E-state index contributed by atoms with van der Waals surface area (Å²) < 4.78 is 23.6. The van der Waals surface area contributed by atoms with Gasteiger partial charge in [0.05, 0.1) is 6.54 Å². The molecule has 1 nitrogen and oxygen atoms in total. The summed E-state index contributed by atoms with van der Waals surface area (Å²) >= 11 is 0. The van der Waals surface area contributed by atoms with Gasteiger partial charge in [0, 0.05) is 5.69 Å². The minimum atomic E-state index is -2.30. The van der Waals surface area contributed by atoms with E-state index < -0.39 is 6.43 Å². The molecule has 0 atom stereocenters. The number of halogens is 2. The highest BCUT2D eigenvalue weighted by Gasteiger charge is 2.00. The van der Waals surface area contributed by atoms with E-state index in [1.165, 1.54) is 5.56 Å². The third kappa shape index (κ3) is 3.40. The van der Waals surface area contributed by atoms with Crippen LogP contribution in [0.1, 0.15) is 12.5 Å². The van der Waals surface area contributed by atoms with Crippen LogP contribution in [0.25, 0.3) is 0 Å². The normalized spacial score (nSPS) is 10.5. The molecule has 0 aromatic heterocycles.